The van der Waals surface area contributed by atoms with Crippen LogP contribution in [0.15, 0.2) is 23.1 Å². The first-order valence-corrected chi connectivity index (χ1v) is 7.73. The molecular weight excluding hydrogens is 397 g/mol. The maximum atomic E-state index is 12.4. The SMILES string of the molecule is CC(Br)C(=O)c1c(CBr)cccc1SC(F)(F)F. The molecule has 0 heterocycles. The van der Waals surface area contributed by atoms with Crippen LogP contribution in [0.5, 0.6) is 0 Å². The normalized spacial score (nSPS) is 13.4. The molecule has 0 saturated heterocycles. The highest BCUT2D eigenvalue weighted by molar-refractivity contribution is 9.10. The van der Waals surface area contributed by atoms with Gasteiger partial charge in [0.15, 0.2) is 5.78 Å². The number of rotatable bonds is 4. The lowest BCUT2D eigenvalue weighted by Crippen LogP contribution is -2.15. The second-order valence-electron chi connectivity index (χ2n) is 3.45. The minimum absolute atomic E-state index is 0.0595. The molecule has 0 aromatic heterocycles. The highest BCUT2D eigenvalue weighted by Gasteiger charge is 2.32. The van der Waals surface area contributed by atoms with Crippen LogP contribution in [0.4, 0.5) is 13.2 Å². The molecule has 18 heavy (non-hydrogen) atoms. The Balaban J connectivity index is 3.29. The molecule has 1 atom stereocenters. The minimum Gasteiger partial charge on any atom is -0.293 e. The number of ketones is 1. The first-order chi connectivity index (χ1) is 8.26. The van der Waals surface area contributed by atoms with Gasteiger partial charge in [-0.25, -0.2) is 0 Å². The van der Waals surface area contributed by atoms with E-state index in [1.54, 1.807) is 13.0 Å². The number of halogens is 5. The molecular formula is C11H9Br2F3OS. The maximum Gasteiger partial charge on any atom is 0.446 e. The van der Waals surface area contributed by atoms with Crippen LogP contribution in [0.2, 0.25) is 0 Å². The topological polar surface area (TPSA) is 17.1 Å². The summed E-state index contributed by atoms with van der Waals surface area (Å²) in [6.07, 6.45) is 0. The molecule has 0 aliphatic carbocycles. The van der Waals surface area contributed by atoms with Crippen molar-refractivity contribution in [2.75, 3.05) is 0 Å². The summed E-state index contributed by atoms with van der Waals surface area (Å²) in [5.41, 5.74) is -3.73. The van der Waals surface area contributed by atoms with Crippen LogP contribution in [0.1, 0.15) is 22.8 Å². The van der Waals surface area contributed by atoms with Crippen LogP contribution in [-0.4, -0.2) is 16.1 Å². The summed E-state index contributed by atoms with van der Waals surface area (Å²) in [7, 11) is 0. The number of carbonyl (C=O) groups excluding carboxylic acids is 1. The van der Waals surface area contributed by atoms with Crippen molar-refractivity contribution in [1.82, 2.24) is 0 Å². The number of thioether (sulfide) groups is 1. The quantitative estimate of drug-likeness (QED) is 0.391. The van der Waals surface area contributed by atoms with Crippen molar-refractivity contribution >= 4 is 49.4 Å². The van der Waals surface area contributed by atoms with Gasteiger partial charge in [0.25, 0.3) is 0 Å². The smallest absolute Gasteiger partial charge is 0.293 e. The van der Waals surface area contributed by atoms with Gasteiger partial charge in [0.05, 0.1) is 4.83 Å². The number of hydrogen-bond donors (Lipinski definition) is 0. The van der Waals surface area contributed by atoms with Crippen molar-refractivity contribution in [2.24, 2.45) is 0 Å². The fraction of sp³-hybridized carbons (Fsp3) is 0.364. The minimum atomic E-state index is -4.41. The monoisotopic (exact) mass is 404 g/mol. The summed E-state index contributed by atoms with van der Waals surface area (Å²) in [6.45, 7) is 1.59. The Bertz CT molecular complexity index is 446. The third kappa shape index (κ3) is 4.28. The van der Waals surface area contributed by atoms with Crippen LogP contribution >= 0.6 is 43.6 Å². The molecule has 0 fully saturated rings. The summed E-state index contributed by atoms with van der Waals surface area (Å²) >= 11 is 6.02. The molecule has 1 aromatic carbocycles. The van der Waals surface area contributed by atoms with Gasteiger partial charge in [-0.2, -0.15) is 13.2 Å². The largest absolute Gasteiger partial charge is 0.446 e. The second-order valence-corrected chi connectivity index (χ2v) is 6.49. The molecule has 0 amide bonds. The van der Waals surface area contributed by atoms with E-state index in [4.69, 9.17) is 0 Å². The molecule has 100 valence electrons. The molecule has 7 heteroatoms. The maximum absolute atomic E-state index is 12.4. The molecule has 0 N–H and O–H groups in total. The zero-order valence-electron chi connectivity index (χ0n) is 9.22. The molecule has 0 aliphatic rings. The van der Waals surface area contributed by atoms with Crippen LogP contribution in [-0.2, 0) is 5.33 Å². The van der Waals surface area contributed by atoms with Crippen LogP contribution in [0, 0.1) is 0 Å². The van der Waals surface area contributed by atoms with E-state index in [9.17, 15) is 18.0 Å². The van der Waals surface area contributed by atoms with Crippen LogP contribution in [0.3, 0.4) is 0 Å². The average Bonchev–Trinajstić information content (AvgIpc) is 2.25. The van der Waals surface area contributed by atoms with Crippen LogP contribution < -0.4 is 0 Å². The van der Waals surface area contributed by atoms with Gasteiger partial charge in [0.2, 0.25) is 0 Å². The van der Waals surface area contributed by atoms with Gasteiger partial charge < -0.3 is 0 Å². The third-order valence-corrected chi connectivity index (χ3v) is 3.90. The lowest BCUT2D eigenvalue weighted by molar-refractivity contribution is -0.0328. The number of alkyl halides is 5. The molecule has 0 aliphatic heterocycles. The molecule has 1 rings (SSSR count). The summed E-state index contributed by atoms with van der Waals surface area (Å²) in [6, 6.07) is 4.46. The second kappa shape index (κ2) is 6.43. The number of carbonyl (C=O) groups is 1. The third-order valence-electron chi connectivity index (χ3n) is 2.09. The average molecular weight is 406 g/mol. The number of benzene rings is 1. The zero-order chi connectivity index (χ0) is 13.9. The van der Waals surface area contributed by atoms with Gasteiger partial charge in [-0.05, 0) is 30.3 Å². The van der Waals surface area contributed by atoms with Crippen LogP contribution in [0.25, 0.3) is 0 Å². The van der Waals surface area contributed by atoms with E-state index >= 15 is 0 Å². The van der Waals surface area contributed by atoms with Crippen molar-refractivity contribution in [3.8, 4) is 0 Å². The van der Waals surface area contributed by atoms with E-state index in [1.807, 2.05) is 0 Å². The van der Waals surface area contributed by atoms with E-state index in [0.717, 1.165) is 0 Å². The molecule has 0 radical (unpaired) electrons. The molecule has 1 nitrogen and oxygen atoms in total. The summed E-state index contributed by atoms with van der Waals surface area (Å²) in [5.74, 6) is -0.350. The molecule has 0 spiro atoms. The Hall–Kier alpha value is -0.0100. The van der Waals surface area contributed by atoms with Gasteiger partial charge in [-0.15, -0.1) is 0 Å². The van der Waals surface area contributed by atoms with E-state index in [-0.39, 0.29) is 28.0 Å². The van der Waals surface area contributed by atoms with Gasteiger partial charge in [-0.3, -0.25) is 4.79 Å². The van der Waals surface area contributed by atoms with E-state index < -0.39 is 10.3 Å². The van der Waals surface area contributed by atoms with Crippen molar-refractivity contribution in [3.63, 3.8) is 0 Å². The van der Waals surface area contributed by atoms with Gasteiger partial charge in [0.1, 0.15) is 0 Å². The number of Topliss-reactive ketones (excluding diaryl/α,β-unsaturated/α-hetero) is 1. The van der Waals surface area contributed by atoms with Gasteiger partial charge in [0, 0.05) is 15.8 Å². The summed E-state index contributed by atoms with van der Waals surface area (Å²) < 4.78 is 37.3. The summed E-state index contributed by atoms with van der Waals surface area (Å²) in [5, 5.41) is 0.333. The van der Waals surface area contributed by atoms with Crippen molar-refractivity contribution in [3.05, 3.63) is 29.3 Å². The highest BCUT2D eigenvalue weighted by atomic mass is 79.9. The molecule has 0 saturated carbocycles. The first kappa shape index (κ1) is 16.0. The lowest BCUT2D eigenvalue weighted by Gasteiger charge is -2.14. The molecule has 1 unspecified atom stereocenters. The zero-order valence-corrected chi connectivity index (χ0v) is 13.2. The Morgan fingerprint density at radius 2 is 2.06 bits per heavy atom. The van der Waals surface area contributed by atoms with Crippen molar-refractivity contribution in [2.45, 2.75) is 27.5 Å². The van der Waals surface area contributed by atoms with Crippen molar-refractivity contribution in [1.29, 1.82) is 0 Å². The predicted molar refractivity (Wildman–Crippen MR) is 73.7 cm³/mol. The molecule has 1 aromatic rings. The number of hydrogen-bond acceptors (Lipinski definition) is 2. The summed E-state index contributed by atoms with van der Waals surface area (Å²) in [4.78, 5) is 11.4. The fourth-order valence-electron chi connectivity index (χ4n) is 1.38. The van der Waals surface area contributed by atoms with Crippen molar-refractivity contribution < 1.29 is 18.0 Å². The van der Waals surface area contributed by atoms with E-state index in [0.29, 0.717) is 10.9 Å². The standard InChI is InChI=1S/C11H9Br2F3OS/c1-6(13)10(17)9-7(5-12)3-2-4-8(9)18-11(14,15)16/h2-4,6H,5H2,1H3. The van der Waals surface area contributed by atoms with E-state index in [1.165, 1.54) is 12.1 Å². The Kier molecular flexibility index (Phi) is 5.73. The van der Waals surface area contributed by atoms with Gasteiger partial charge in [-0.1, -0.05) is 44.0 Å². The van der Waals surface area contributed by atoms with E-state index in [2.05, 4.69) is 31.9 Å². The van der Waals surface area contributed by atoms with Gasteiger partial charge >= 0.3 is 5.51 Å². The Labute approximate surface area is 124 Å². The first-order valence-electron chi connectivity index (χ1n) is 4.88. The lowest BCUT2D eigenvalue weighted by atomic mass is 10.0. The fourth-order valence-corrected chi connectivity index (χ4v) is 2.80. The Morgan fingerprint density at radius 3 is 2.50 bits per heavy atom. The molecule has 0 bridgehead atoms. The highest BCUT2D eigenvalue weighted by Crippen LogP contribution is 2.40. The predicted octanol–water partition coefficient (Wildman–Crippen LogP) is 5.16. The Morgan fingerprint density at radius 1 is 1.44 bits per heavy atom.